The number of aryl methyl sites for hydroxylation is 2. The van der Waals surface area contributed by atoms with Gasteiger partial charge in [-0.25, -0.2) is 4.79 Å². The Morgan fingerprint density at radius 3 is 2.61 bits per heavy atom. The fourth-order valence-corrected chi connectivity index (χ4v) is 1.36. The Bertz CT molecular complexity index is 443. The standard InChI is InChI=1S/C13H17NO4/c1-9-4-5-10(2)11(6-9)14-12(15)7-18-13(16)8-17-3/h4-6H,7-8H2,1-3H3,(H,14,15). The monoisotopic (exact) mass is 251 g/mol. The number of ether oxygens (including phenoxy) is 2. The first-order valence-electron chi connectivity index (χ1n) is 5.54. The first kappa shape index (κ1) is 14.2. The van der Waals surface area contributed by atoms with E-state index >= 15 is 0 Å². The Kier molecular flexibility index (Phi) is 5.32. The molecule has 0 fully saturated rings. The highest BCUT2D eigenvalue weighted by Gasteiger charge is 2.08. The lowest BCUT2D eigenvalue weighted by Crippen LogP contribution is -2.22. The predicted octanol–water partition coefficient (Wildman–Crippen LogP) is 1.43. The first-order chi connectivity index (χ1) is 8.52. The maximum atomic E-state index is 11.6. The third-order valence-electron chi connectivity index (χ3n) is 2.29. The Labute approximate surface area is 106 Å². The van der Waals surface area contributed by atoms with Crippen LogP contribution in [-0.4, -0.2) is 32.2 Å². The van der Waals surface area contributed by atoms with Crippen LogP contribution in [0.3, 0.4) is 0 Å². The zero-order valence-electron chi connectivity index (χ0n) is 10.8. The van der Waals surface area contributed by atoms with E-state index in [4.69, 9.17) is 4.74 Å². The molecular formula is C13H17NO4. The third-order valence-corrected chi connectivity index (χ3v) is 2.29. The number of esters is 1. The van der Waals surface area contributed by atoms with Gasteiger partial charge in [-0.05, 0) is 31.0 Å². The summed E-state index contributed by atoms with van der Waals surface area (Å²) in [4.78, 5) is 22.5. The van der Waals surface area contributed by atoms with E-state index in [1.165, 1.54) is 7.11 Å². The molecule has 0 aliphatic heterocycles. The summed E-state index contributed by atoms with van der Waals surface area (Å²) in [6.07, 6.45) is 0. The van der Waals surface area contributed by atoms with E-state index in [1.807, 2.05) is 32.0 Å². The average molecular weight is 251 g/mol. The van der Waals surface area contributed by atoms with Crippen LogP contribution in [0, 0.1) is 13.8 Å². The smallest absolute Gasteiger partial charge is 0.332 e. The second kappa shape index (κ2) is 6.76. The third kappa shape index (κ3) is 4.55. The van der Waals surface area contributed by atoms with Gasteiger partial charge in [-0.2, -0.15) is 0 Å². The molecule has 0 unspecified atom stereocenters. The van der Waals surface area contributed by atoms with E-state index in [0.29, 0.717) is 0 Å². The summed E-state index contributed by atoms with van der Waals surface area (Å²) in [5.74, 6) is -0.929. The second-order valence-corrected chi connectivity index (χ2v) is 3.96. The first-order valence-corrected chi connectivity index (χ1v) is 5.54. The molecule has 18 heavy (non-hydrogen) atoms. The molecular weight excluding hydrogens is 234 g/mol. The van der Waals surface area contributed by atoms with E-state index in [1.54, 1.807) is 0 Å². The molecule has 98 valence electrons. The fourth-order valence-electron chi connectivity index (χ4n) is 1.36. The molecule has 5 nitrogen and oxygen atoms in total. The van der Waals surface area contributed by atoms with Crippen molar-refractivity contribution in [1.29, 1.82) is 0 Å². The quantitative estimate of drug-likeness (QED) is 0.804. The number of amides is 1. The van der Waals surface area contributed by atoms with Crippen molar-refractivity contribution < 1.29 is 19.1 Å². The van der Waals surface area contributed by atoms with E-state index in [2.05, 4.69) is 10.1 Å². The van der Waals surface area contributed by atoms with Crippen LogP contribution in [0.25, 0.3) is 0 Å². The minimum Gasteiger partial charge on any atom is -0.454 e. The van der Waals surface area contributed by atoms with Gasteiger partial charge >= 0.3 is 5.97 Å². The predicted molar refractivity (Wildman–Crippen MR) is 67.4 cm³/mol. The molecule has 0 aliphatic rings. The topological polar surface area (TPSA) is 64.6 Å². The number of benzene rings is 1. The minimum absolute atomic E-state index is 0.156. The van der Waals surface area contributed by atoms with Crippen LogP contribution in [0.5, 0.6) is 0 Å². The van der Waals surface area contributed by atoms with Crippen molar-refractivity contribution in [2.75, 3.05) is 25.6 Å². The highest BCUT2D eigenvalue weighted by atomic mass is 16.6. The summed E-state index contributed by atoms with van der Waals surface area (Å²) in [5.41, 5.74) is 2.73. The summed E-state index contributed by atoms with van der Waals surface area (Å²) < 4.78 is 9.29. The van der Waals surface area contributed by atoms with Crippen LogP contribution in [0.1, 0.15) is 11.1 Å². The molecule has 0 saturated heterocycles. The van der Waals surface area contributed by atoms with Crippen LogP contribution in [0.4, 0.5) is 5.69 Å². The van der Waals surface area contributed by atoms with Crippen molar-refractivity contribution in [1.82, 2.24) is 0 Å². The molecule has 0 radical (unpaired) electrons. The summed E-state index contributed by atoms with van der Waals surface area (Å²) in [6.45, 7) is 3.37. The second-order valence-electron chi connectivity index (χ2n) is 3.96. The van der Waals surface area contributed by atoms with Gasteiger partial charge in [0, 0.05) is 12.8 Å². The molecule has 0 spiro atoms. The number of rotatable bonds is 5. The zero-order chi connectivity index (χ0) is 13.5. The van der Waals surface area contributed by atoms with Crippen LogP contribution in [0.15, 0.2) is 18.2 Å². The van der Waals surface area contributed by atoms with Crippen LogP contribution in [-0.2, 0) is 19.1 Å². The molecule has 0 aromatic heterocycles. The highest BCUT2D eigenvalue weighted by Crippen LogP contribution is 2.15. The molecule has 0 aliphatic carbocycles. The van der Waals surface area contributed by atoms with E-state index in [0.717, 1.165) is 16.8 Å². The Morgan fingerprint density at radius 1 is 1.22 bits per heavy atom. The van der Waals surface area contributed by atoms with E-state index < -0.39 is 5.97 Å². The molecule has 0 bridgehead atoms. The van der Waals surface area contributed by atoms with Crippen molar-refractivity contribution in [3.05, 3.63) is 29.3 Å². The lowest BCUT2D eigenvalue weighted by atomic mass is 10.1. The van der Waals surface area contributed by atoms with Gasteiger partial charge in [-0.3, -0.25) is 4.79 Å². The van der Waals surface area contributed by atoms with Gasteiger partial charge in [-0.1, -0.05) is 12.1 Å². The largest absolute Gasteiger partial charge is 0.454 e. The molecule has 1 rings (SSSR count). The molecule has 1 N–H and O–H groups in total. The lowest BCUT2D eigenvalue weighted by Gasteiger charge is -2.09. The lowest BCUT2D eigenvalue weighted by molar-refractivity contribution is -0.150. The highest BCUT2D eigenvalue weighted by molar-refractivity contribution is 5.93. The van der Waals surface area contributed by atoms with Gasteiger partial charge in [-0.15, -0.1) is 0 Å². The minimum atomic E-state index is -0.561. The summed E-state index contributed by atoms with van der Waals surface area (Å²) in [6, 6.07) is 5.75. The SMILES string of the molecule is COCC(=O)OCC(=O)Nc1cc(C)ccc1C. The van der Waals surface area contributed by atoms with Crippen molar-refractivity contribution in [3.63, 3.8) is 0 Å². The van der Waals surface area contributed by atoms with Gasteiger partial charge in [0.2, 0.25) is 0 Å². The molecule has 0 saturated carbocycles. The molecule has 5 heteroatoms. The van der Waals surface area contributed by atoms with E-state index in [9.17, 15) is 9.59 Å². The fraction of sp³-hybridized carbons (Fsp3) is 0.385. The van der Waals surface area contributed by atoms with Gasteiger partial charge in [0.1, 0.15) is 6.61 Å². The van der Waals surface area contributed by atoms with Crippen molar-refractivity contribution in [3.8, 4) is 0 Å². The van der Waals surface area contributed by atoms with Crippen molar-refractivity contribution >= 4 is 17.6 Å². The molecule has 0 atom stereocenters. The van der Waals surface area contributed by atoms with E-state index in [-0.39, 0.29) is 19.1 Å². The van der Waals surface area contributed by atoms with Crippen LogP contribution in [0.2, 0.25) is 0 Å². The maximum Gasteiger partial charge on any atom is 0.332 e. The molecule has 1 aromatic carbocycles. The molecule has 1 amide bonds. The number of hydrogen-bond donors (Lipinski definition) is 1. The Morgan fingerprint density at radius 2 is 1.94 bits per heavy atom. The Hall–Kier alpha value is -1.88. The Balaban J connectivity index is 2.49. The number of hydrogen-bond acceptors (Lipinski definition) is 4. The summed E-state index contributed by atoms with van der Waals surface area (Å²) in [7, 11) is 1.39. The number of carbonyl (C=O) groups is 2. The van der Waals surface area contributed by atoms with Gasteiger partial charge in [0.25, 0.3) is 5.91 Å². The van der Waals surface area contributed by atoms with Gasteiger partial charge in [0.05, 0.1) is 0 Å². The average Bonchev–Trinajstić information content (AvgIpc) is 2.32. The van der Waals surface area contributed by atoms with Gasteiger partial charge in [0.15, 0.2) is 6.61 Å². The molecule has 1 aromatic rings. The molecule has 0 heterocycles. The van der Waals surface area contributed by atoms with Gasteiger partial charge < -0.3 is 14.8 Å². The summed E-state index contributed by atoms with van der Waals surface area (Å²) in [5, 5.41) is 2.69. The normalized spacial score (nSPS) is 9.94. The van der Waals surface area contributed by atoms with Crippen LogP contribution < -0.4 is 5.32 Å². The summed E-state index contributed by atoms with van der Waals surface area (Å²) >= 11 is 0. The van der Waals surface area contributed by atoms with Crippen molar-refractivity contribution in [2.45, 2.75) is 13.8 Å². The van der Waals surface area contributed by atoms with Crippen molar-refractivity contribution in [2.24, 2.45) is 0 Å². The maximum absolute atomic E-state index is 11.6. The number of carbonyl (C=O) groups excluding carboxylic acids is 2. The number of anilines is 1. The zero-order valence-corrected chi connectivity index (χ0v) is 10.8. The van der Waals surface area contributed by atoms with Crippen LogP contribution >= 0.6 is 0 Å². The number of methoxy groups -OCH3 is 1. The number of nitrogens with one attached hydrogen (secondary N) is 1.